The SMILES string of the molecule is COc1c(O)ccc2c1-c1ccc3ccc(O)cc3c1CSS[C@@]13CC[C@H](C[C@@H]1O)[C@H](CC(=O)CC2)O[C@H]1N[C@H](CCCO)[C@@H](CSS[C@@H]3Cc2ccccc2CCC(C)C)C[C@@H]2c3c1cc(CO)c1c3[C@H](CC[C@@H](C(C)=O)N1)C[C@H]2CO. The van der Waals surface area contributed by atoms with Crippen molar-refractivity contribution in [2.75, 3.05) is 31.4 Å². The second-order valence-corrected chi connectivity index (χ2v) is 30.3. The minimum Gasteiger partial charge on any atom is -0.508 e. The van der Waals surface area contributed by atoms with Gasteiger partial charge in [-0.3, -0.25) is 14.9 Å². The van der Waals surface area contributed by atoms with E-state index >= 15 is 4.79 Å². The maximum Gasteiger partial charge on any atom is 0.168 e. The molecule has 446 valence electrons. The third kappa shape index (κ3) is 12.5. The molecule has 5 aliphatic heterocycles. The van der Waals surface area contributed by atoms with Crippen LogP contribution >= 0.6 is 43.2 Å². The molecule has 3 fully saturated rings. The van der Waals surface area contributed by atoms with Gasteiger partial charge in [0.25, 0.3) is 0 Å². The molecule has 5 heterocycles. The molecule has 0 amide bonds. The molecule has 83 heavy (non-hydrogen) atoms. The molecule has 16 heteroatoms. The molecule has 5 aromatic rings. The van der Waals surface area contributed by atoms with Crippen molar-refractivity contribution in [1.29, 1.82) is 0 Å². The van der Waals surface area contributed by atoms with Gasteiger partial charge in [0.05, 0.1) is 36.7 Å². The molecule has 2 aliphatic carbocycles. The molecule has 0 spiro atoms. The molecular weight excluding hydrogens is 1120 g/mol. The number of nitrogens with one attached hydrogen (secondary N) is 2. The number of fused-ring (bicyclic) bond motifs is 9. The van der Waals surface area contributed by atoms with Crippen LogP contribution in [0.4, 0.5) is 5.69 Å². The number of methoxy groups -OCH3 is 1. The molecule has 5 aromatic carbocycles. The molecule has 7 aliphatic rings. The smallest absolute Gasteiger partial charge is 0.168 e. The van der Waals surface area contributed by atoms with Crippen LogP contribution in [0.2, 0.25) is 0 Å². The number of hydrogen-bond donors (Lipinski definition) is 8. The summed E-state index contributed by atoms with van der Waals surface area (Å²) in [6.07, 6.45) is 7.03. The van der Waals surface area contributed by atoms with Crippen LogP contribution in [0.15, 0.2) is 72.8 Å². The third-order valence-corrected chi connectivity index (χ3v) is 26.0. The van der Waals surface area contributed by atoms with Crippen molar-refractivity contribution in [2.45, 2.75) is 182 Å². The maximum atomic E-state index is 15.2. The number of aromatic hydroxyl groups is 2. The first-order chi connectivity index (χ1) is 40.2. The minimum atomic E-state index is -0.802. The zero-order chi connectivity index (χ0) is 58.1. The van der Waals surface area contributed by atoms with E-state index in [4.69, 9.17) is 9.47 Å². The predicted octanol–water partition coefficient (Wildman–Crippen LogP) is 12.9. The zero-order valence-electron chi connectivity index (χ0n) is 48.4. The van der Waals surface area contributed by atoms with Crippen LogP contribution in [0.25, 0.3) is 21.9 Å². The fourth-order valence-electron chi connectivity index (χ4n) is 15.1. The second-order valence-electron chi connectivity index (χ2n) is 25.1. The Morgan fingerprint density at radius 1 is 0.904 bits per heavy atom. The third-order valence-electron chi connectivity index (χ3n) is 19.6. The Kier molecular flexibility index (Phi) is 19.4. The molecular formula is C67H84N2O10S4. The summed E-state index contributed by atoms with van der Waals surface area (Å²) in [5.41, 5.74) is 10.6. The lowest BCUT2D eigenvalue weighted by molar-refractivity contribution is -0.130. The van der Waals surface area contributed by atoms with E-state index in [1.807, 2.05) is 45.9 Å². The predicted molar refractivity (Wildman–Crippen MR) is 339 cm³/mol. The van der Waals surface area contributed by atoms with Crippen LogP contribution in [0, 0.1) is 23.7 Å². The molecule has 1 saturated carbocycles. The molecule has 12 atom stereocenters. The molecule has 2 saturated heterocycles. The number of Topliss-reactive ketones (excluding diaryl/α,β-unsaturated/α-hetero) is 2. The van der Waals surface area contributed by atoms with Crippen LogP contribution in [0.3, 0.4) is 0 Å². The number of phenols is 2. The molecule has 0 aromatic heterocycles. The van der Waals surface area contributed by atoms with E-state index < -0.39 is 29.2 Å². The van der Waals surface area contributed by atoms with Crippen LogP contribution in [0.5, 0.6) is 17.2 Å². The van der Waals surface area contributed by atoms with Crippen LogP contribution in [-0.4, -0.2) is 103 Å². The van der Waals surface area contributed by atoms with Crippen molar-refractivity contribution < 1.29 is 49.7 Å². The topological polar surface area (TPSA) is 198 Å². The van der Waals surface area contributed by atoms with E-state index in [2.05, 4.69) is 60.9 Å². The summed E-state index contributed by atoms with van der Waals surface area (Å²) in [4.78, 5) is 28.5. The first-order valence-electron chi connectivity index (χ1n) is 30.4. The first kappa shape index (κ1) is 60.7. The number of ketones is 2. The van der Waals surface area contributed by atoms with Gasteiger partial charge in [0.1, 0.15) is 17.8 Å². The van der Waals surface area contributed by atoms with Gasteiger partial charge < -0.3 is 45.4 Å². The molecule has 5 bridgehead atoms. The Bertz CT molecular complexity index is 3160. The average molecular weight is 1210 g/mol. The quantitative estimate of drug-likeness (QED) is 0.0549. The Balaban J connectivity index is 1.11. The highest BCUT2D eigenvalue weighted by atomic mass is 33.1. The molecule has 0 radical (unpaired) electrons. The lowest BCUT2D eigenvalue weighted by atomic mass is 9.63. The maximum absolute atomic E-state index is 15.2. The minimum absolute atomic E-state index is 0.00146. The number of benzene rings is 5. The fraction of sp³-hybridized carbons (Fsp3) is 0.552. The summed E-state index contributed by atoms with van der Waals surface area (Å²) in [6, 6.07) is 23.4. The van der Waals surface area contributed by atoms with E-state index in [9.17, 15) is 35.4 Å². The highest BCUT2D eigenvalue weighted by molar-refractivity contribution is 8.78. The van der Waals surface area contributed by atoms with Crippen molar-refractivity contribution in [2.24, 2.45) is 23.7 Å². The zero-order valence-corrected chi connectivity index (χ0v) is 51.7. The molecule has 8 N–H and O–H groups in total. The number of carbonyl (C=O) groups is 2. The number of carbonyl (C=O) groups excluding carboxylic acids is 2. The van der Waals surface area contributed by atoms with Crippen molar-refractivity contribution in [3.05, 3.63) is 117 Å². The summed E-state index contributed by atoms with van der Waals surface area (Å²) < 4.78 is 13.1. The summed E-state index contributed by atoms with van der Waals surface area (Å²) >= 11 is 0. The lowest BCUT2D eigenvalue weighted by Crippen LogP contribution is -2.54. The van der Waals surface area contributed by atoms with E-state index in [0.717, 1.165) is 94.1 Å². The number of rotatable bonds is 12. The van der Waals surface area contributed by atoms with Crippen molar-refractivity contribution >= 4 is 71.2 Å². The van der Waals surface area contributed by atoms with Gasteiger partial charge in [-0.1, -0.05) is 106 Å². The number of ether oxygens (including phenoxy) is 2. The molecule has 0 unspecified atom stereocenters. The van der Waals surface area contributed by atoms with Gasteiger partial charge in [-0.15, -0.1) is 0 Å². The van der Waals surface area contributed by atoms with Crippen molar-refractivity contribution in [3.8, 4) is 28.4 Å². The van der Waals surface area contributed by atoms with Crippen LogP contribution in [-0.2, 0) is 45.9 Å². The van der Waals surface area contributed by atoms with E-state index in [-0.39, 0.29) is 96.6 Å². The Hall–Kier alpha value is -3.94. The average Bonchev–Trinajstić information content (AvgIpc) is 2.10. The van der Waals surface area contributed by atoms with Gasteiger partial charge >= 0.3 is 0 Å². The number of aliphatic hydroxyl groups excluding tert-OH is 4. The number of aryl methyl sites for hydroxylation is 2. The standard InChI is InChI=1S/C67H84N2O10S4/c1-37(2)11-12-39-8-5-6-9-42(39)30-60-67-24-23-43(29-59(67)77)58(32-49(75)19-14-41-17-22-57(76)65(78-4)61(41)50-20-15-40-13-18-48(74)31-51(40)54(50)36-81-83-67)79-66-53-27-46(34-72)64-62-44(16-21-55(68-64)38(3)73)26-45(33-71)52(63(53)62)28-47(35-80-82-60)56(69-66)10-7-25-70/h5-6,8-9,13,15,17-18,20,22,27,31,37,43-45,47,52,55-56,58-60,66,68-72,74,76-77H,7,10-12,14,16,19,21,23-26,28-30,32-36H2,1-4H3/t43-,44-,45+,47-,52+,55+,56-,58+,59+,60-,66-,67+/m1/s1. The Labute approximate surface area is 505 Å². The van der Waals surface area contributed by atoms with E-state index in [1.54, 1.807) is 47.8 Å². The summed E-state index contributed by atoms with van der Waals surface area (Å²) in [7, 11) is 8.85. The number of phenolic OH excluding ortho intramolecular Hbond substituents is 2. The second kappa shape index (κ2) is 26.6. The largest absolute Gasteiger partial charge is 0.508 e. The Morgan fingerprint density at radius 2 is 1.72 bits per heavy atom. The van der Waals surface area contributed by atoms with Gasteiger partial charge in [-0.05, 0) is 205 Å². The van der Waals surface area contributed by atoms with Gasteiger partial charge in [-0.2, -0.15) is 0 Å². The normalized spacial score (nSPS) is 29.3. The van der Waals surface area contributed by atoms with Gasteiger partial charge in [0.2, 0.25) is 0 Å². The number of aliphatic hydroxyl groups is 4. The monoisotopic (exact) mass is 1200 g/mol. The molecule has 12 nitrogen and oxygen atoms in total. The lowest BCUT2D eigenvalue weighted by Gasteiger charge is -2.50. The van der Waals surface area contributed by atoms with E-state index in [1.165, 1.54) is 11.1 Å². The van der Waals surface area contributed by atoms with E-state index in [0.29, 0.717) is 73.5 Å². The van der Waals surface area contributed by atoms with Gasteiger partial charge in [0.15, 0.2) is 17.3 Å². The Morgan fingerprint density at radius 3 is 2.48 bits per heavy atom. The van der Waals surface area contributed by atoms with Crippen molar-refractivity contribution in [3.63, 3.8) is 0 Å². The van der Waals surface area contributed by atoms with Crippen LogP contribution < -0.4 is 15.4 Å². The number of anilines is 1. The highest BCUT2D eigenvalue weighted by Gasteiger charge is 2.53. The summed E-state index contributed by atoms with van der Waals surface area (Å²) in [5.74, 6) is 1.95. The summed E-state index contributed by atoms with van der Waals surface area (Å²) in [5, 5.41) is 79.2. The highest BCUT2D eigenvalue weighted by Crippen LogP contribution is 2.60. The summed E-state index contributed by atoms with van der Waals surface area (Å²) in [6.45, 7) is 5.92. The van der Waals surface area contributed by atoms with Crippen molar-refractivity contribution in [1.82, 2.24) is 5.32 Å². The number of hydrogen-bond acceptors (Lipinski definition) is 16. The fourth-order valence-corrected chi connectivity index (χ4v) is 22.7. The van der Waals surface area contributed by atoms with Gasteiger partial charge in [-0.25, -0.2) is 0 Å². The van der Waals surface area contributed by atoms with Crippen LogP contribution in [0.1, 0.15) is 160 Å². The first-order valence-corrected chi connectivity index (χ1v) is 35.1. The molecule has 12 rings (SSSR count). The van der Waals surface area contributed by atoms with Gasteiger partial charge in [0, 0.05) is 65.7 Å².